The fraction of sp³-hybridized carbons (Fsp3) is 0.769. The van der Waals surface area contributed by atoms with Crippen LogP contribution in [0.3, 0.4) is 0 Å². The van der Waals surface area contributed by atoms with Crippen molar-refractivity contribution in [3.8, 4) is 0 Å². The van der Waals surface area contributed by atoms with Crippen LogP contribution < -0.4 is 5.73 Å². The van der Waals surface area contributed by atoms with Crippen molar-refractivity contribution in [1.29, 1.82) is 0 Å². The van der Waals surface area contributed by atoms with E-state index in [1.807, 2.05) is 0 Å². The van der Waals surface area contributed by atoms with E-state index >= 15 is 0 Å². The Bertz CT molecular complexity index is 365. The molecule has 0 spiro atoms. The van der Waals surface area contributed by atoms with Crippen LogP contribution in [-0.2, 0) is 19.4 Å². The summed E-state index contributed by atoms with van der Waals surface area (Å²) in [6, 6.07) is 0. The fourth-order valence-corrected chi connectivity index (χ4v) is 2.59. The minimum atomic E-state index is 0.436. The molecule has 0 radical (unpaired) electrons. The number of aromatic nitrogens is 2. The number of rotatable bonds is 3. The lowest BCUT2D eigenvalue weighted by Gasteiger charge is -2.35. The van der Waals surface area contributed by atoms with Gasteiger partial charge in [-0.3, -0.25) is 0 Å². The van der Waals surface area contributed by atoms with Gasteiger partial charge in [-0.05, 0) is 30.6 Å². The van der Waals surface area contributed by atoms with Crippen LogP contribution in [0.2, 0.25) is 0 Å². The van der Waals surface area contributed by atoms with Gasteiger partial charge in [-0.1, -0.05) is 27.2 Å². The number of H-pyrrole nitrogens is 1. The Kier molecular flexibility index (Phi) is 3.06. The van der Waals surface area contributed by atoms with Gasteiger partial charge in [0.05, 0.1) is 12.2 Å². The summed E-state index contributed by atoms with van der Waals surface area (Å²) >= 11 is 0. The van der Waals surface area contributed by atoms with Crippen molar-refractivity contribution in [3.05, 3.63) is 17.2 Å². The van der Waals surface area contributed by atoms with Crippen LogP contribution >= 0.6 is 0 Å². The van der Waals surface area contributed by atoms with E-state index in [1.54, 1.807) is 0 Å². The number of hydrogen-bond donors (Lipinski definition) is 2. The molecule has 1 aromatic heterocycles. The molecule has 0 bridgehead atoms. The van der Waals surface area contributed by atoms with E-state index in [0.717, 1.165) is 24.6 Å². The van der Waals surface area contributed by atoms with Crippen LogP contribution in [0.4, 0.5) is 0 Å². The number of imidazole rings is 1. The van der Waals surface area contributed by atoms with Gasteiger partial charge in [-0.2, -0.15) is 0 Å². The van der Waals surface area contributed by atoms with Gasteiger partial charge in [-0.15, -0.1) is 0 Å². The fourth-order valence-electron chi connectivity index (χ4n) is 2.59. The summed E-state index contributed by atoms with van der Waals surface area (Å²) < 4.78 is 0. The largest absolute Gasteiger partial charge is 0.345 e. The molecule has 1 unspecified atom stereocenters. The number of aromatic amines is 1. The second-order valence-electron chi connectivity index (χ2n) is 5.59. The number of aryl methyl sites for hydroxylation is 1. The molecule has 3 N–H and O–H groups in total. The molecule has 0 saturated carbocycles. The topological polar surface area (TPSA) is 54.7 Å². The SMILES string of the molecule is CCC(C)(C)C1CCc2nc(CN)[nH]c2C1. The molecule has 2 rings (SSSR count). The summed E-state index contributed by atoms with van der Waals surface area (Å²) in [6.45, 7) is 7.56. The van der Waals surface area contributed by atoms with E-state index in [4.69, 9.17) is 5.73 Å². The maximum absolute atomic E-state index is 5.61. The molecule has 0 saturated heterocycles. The quantitative estimate of drug-likeness (QED) is 0.823. The molecule has 3 heteroatoms. The first kappa shape index (κ1) is 11.6. The summed E-state index contributed by atoms with van der Waals surface area (Å²) in [5.74, 6) is 1.72. The van der Waals surface area contributed by atoms with Gasteiger partial charge in [0, 0.05) is 5.69 Å². The van der Waals surface area contributed by atoms with Gasteiger partial charge in [0.25, 0.3) is 0 Å². The Hall–Kier alpha value is -0.830. The third-order valence-electron chi connectivity index (χ3n) is 4.30. The third kappa shape index (κ3) is 2.01. The van der Waals surface area contributed by atoms with Crippen molar-refractivity contribution in [2.45, 2.75) is 53.0 Å². The lowest BCUT2D eigenvalue weighted by molar-refractivity contribution is 0.181. The smallest absolute Gasteiger partial charge is 0.120 e. The molecular formula is C13H23N3. The second-order valence-corrected chi connectivity index (χ2v) is 5.59. The molecule has 0 aromatic carbocycles. The second kappa shape index (κ2) is 4.21. The Morgan fingerprint density at radius 2 is 2.25 bits per heavy atom. The normalized spacial score (nSPS) is 20.9. The summed E-state index contributed by atoms with van der Waals surface area (Å²) in [5, 5.41) is 0. The molecule has 0 fully saturated rings. The van der Waals surface area contributed by atoms with Gasteiger partial charge in [-0.25, -0.2) is 4.98 Å². The zero-order valence-corrected chi connectivity index (χ0v) is 10.6. The van der Waals surface area contributed by atoms with Crippen molar-refractivity contribution in [3.63, 3.8) is 0 Å². The van der Waals surface area contributed by atoms with Crippen molar-refractivity contribution in [2.75, 3.05) is 0 Å². The van der Waals surface area contributed by atoms with E-state index in [9.17, 15) is 0 Å². The van der Waals surface area contributed by atoms with E-state index < -0.39 is 0 Å². The van der Waals surface area contributed by atoms with Gasteiger partial charge in [0.2, 0.25) is 0 Å². The molecule has 3 nitrogen and oxygen atoms in total. The monoisotopic (exact) mass is 221 g/mol. The molecular weight excluding hydrogens is 198 g/mol. The molecule has 1 aliphatic carbocycles. The number of nitrogens with one attached hydrogen (secondary N) is 1. The maximum Gasteiger partial charge on any atom is 0.120 e. The maximum atomic E-state index is 5.61. The first-order chi connectivity index (χ1) is 7.56. The molecule has 1 aliphatic rings. The van der Waals surface area contributed by atoms with Crippen LogP contribution in [0.5, 0.6) is 0 Å². The van der Waals surface area contributed by atoms with Crippen molar-refractivity contribution >= 4 is 0 Å². The predicted molar refractivity (Wildman–Crippen MR) is 66.1 cm³/mol. The van der Waals surface area contributed by atoms with Gasteiger partial charge in [0.15, 0.2) is 0 Å². The number of nitrogens with two attached hydrogens (primary N) is 1. The van der Waals surface area contributed by atoms with Gasteiger partial charge in [0.1, 0.15) is 5.82 Å². The molecule has 0 aliphatic heterocycles. The van der Waals surface area contributed by atoms with Gasteiger partial charge >= 0.3 is 0 Å². The Balaban J connectivity index is 2.17. The number of nitrogens with zero attached hydrogens (tertiary/aromatic N) is 1. The standard InChI is InChI=1S/C13H23N3/c1-4-13(2,3)9-5-6-10-11(7-9)16-12(8-14)15-10/h9H,4-8,14H2,1-3H3,(H,15,16). The predicted octanol–water partition coefficient (Wildman–Crippen LogP) is 2.41. The Labute approximate surface area is 97.8 Å². The van der Waals surface area contributed by atoms with Crippen LogP contribution in [0.25, 0.3) is 0 Å². The summed E-state index contributed by atoms with van der Waals surface area (Å²) in [5.41, 5.74) is 8.64. The lowest BCUT2D eigenvalue weighted by atomic mass is 9.70. The van der Waals surface area contributed by atoms with Crippen molar-refractivity contribution in [2.24, 2.45) is 17.1 Å². The van der Waals surface area contributed by atoms with Crippen molar-refractivity contribution < 1.29 is 0 Å². The average molecular weight is 221 g/mol. The summed E-state index contributed by atoms with van der Waals surface area (Å²) in [7, 11) is 0. The Morgan fingerprint density at radius 1 is 1.50 bits per heavy atom. The molecule has 90 valence electrons. The highest BCUT2D eigenvalue weighted by molar-refractivity contribution is 5.19. The first-order valence-corrected chi connectivity index (χ1v) is 6.33. The molecule has 1 aromatic rings. The molecule has 16 heavy (non-hydrogen) atoms. The highest BCUT2D eigenvalue weighted by Gasteiger charge is 2.32. The number of hydrogen-bond acceptors (Lipinski definition) is 2. The molecule has 1 heterocycles. The van der Waals surface area contributed by atoms with Crippen LogP contribution in [-0.4, -0.2) is 9.97 Å². The van der Waals surface area contributed by atoms with Crippen molar-refractivity contribution in [1.82, 2.24) is 9.97 Å². The number of fused-ring (bicyclic) bond motifs is 1. The third-order valence-corrected chi connectivity index (χ3v) is 4.30. The van der Waals surface area contributed by atoms with Crippen LogP contribution in [0, 0.1) is 11.3 Å². The van der Waals surface area contributed by atoms with E-state index in [-0.39, 0.29) is 0 Å². The minimum absolute atomic E-state index is 0.436. The molecule has 0 amide bonds. The zero-order valence-electron chi connectivity index (χ0n) is 10.6. The van der Waals surface area contributed by atoms with E-state index in [0.29, 0.717) is 12.0 Å². The Morgan fingerprint density at radius 3 is 2.88 bits per heavy atom. The molecule has 1 atom stereocenters. The minimum Gasteiger partial charge on any atom is -0.345 e. The van der Waals surface area contributed by atoms with E-state index in [2.05, 4.69) is 30.7 Å². The van der Waals surface area contributed by atoms with Crippen LogP contribution in [0.15, 0.2) is 0 Å². The summed E-state index contributed by atoms with van der Waals surface area (Å²) in [4.78, 5) is 7.90. The average Bonchev–Trinajstić information content (AvgIpc) is 2.70. The zero-order chi connectivity index (χ0) is 11.8. The lowest BCUT2D eigenvalue weighted by Crippen LogP contribution is -2.29. The first-order valence-electron chi connectivity index (χ1n) is 6.33. The summed E-state index contributed by atoms with van der Waals surface area (Å²) in [6.07, 6.45) is 4.76. The van der Waals surface area contributed by atoms with E-state index in [1.165, 1.54) is 24.2 Å². The highest BCUT2D eigenvalue weighted by Crippen LogP contribution is 2.39. The highest BCUT2D eigenvalue weighted by atomic mass is 15.0. The van der Waals surface area contributed by atoms with Crippen LogP contribution in [0.1, 0.15) is 50.8 Å². The van der Waals surface area contributed by atoms with Gasteiger partial charge < -0.3 is 10.7 Å².